The Balaban J connectivity index is 1.60. The summed E-state index contributed by atoms with van der Waals surface area (Å²) < 4.78 is 11.5. The first-order valence-corrected chi connectivity index (χ1v) is 12.0. The van der Waals surface area contributed by atoms with Gasteiger partial charge in [-0.25, -0.2) is 0 Å². The van der Waals surface area contributed by atoms with Gasteiger partial charge in [-0.2, -0.15) is 0 Å². The van der Waals surface area contributed by atoms with Crippen molar-refractivity contribution in [3.8, 4) is 0 Å². The Morgan fingerprint density at radius 1 is 1.00 bits per heavy atom. The Hall–Kier alpha value is -2.85. The van der Waals surface area contributed by atoms with Crippen LogP contribution in [0.3, 0.4) is 0 Å². The fraction of sp³-hybridized carbons (Fsp3) is 0.414. The van der Waals surface area contributed by atoms with Gasteiger partial charge in [0.1, 0.15) is 0 Å². The highest BCUT2D eigenvalue weighted by molar-refractivity contribution is 5.91. The molecule has 1 saturated heterocycles. The molecule has 4 rings (SSSR count). The average molecular weight is 446 g/mol. The molecule has 1 fully saturated rings. The lowest BCUT2D eigenvalue weighted by Gasteiger charge is -2.40. The third-order valence-electron chi connectivity index (χ3n) is 6.96. The quantitative estimate of drug-likeness (QED) is 0.380. The lowest BCUT2D eigenvalue weighted by Crippen LogP contribution is -2.38. The number of hydrogen-bond acceptors (Lipinski definition) is 3. The highest BCUT2D eigenvalue weighted by atomic mass is 16.5. The van der Waals surface area contributed by atoms with Gasteiger partial charge in [-0.05, 0) is 75.1 Å². The molecule has 33 heavy (non-hydrogen) atoms. The zero-order valence-corrected chi connectivity index (χ0v) is 19.9. The van der Waals surface area contributed by atoms with Crippen molar-refractivity contribution in [2.24, 2.45) is 5.92 Å². The summed E-state index contributed by atoms with van der Waals surface area (Å²) in [4.78, 5) is 15.4. The fourth-order valence-electron chi connectivity index (χ4n) is 5.20. The maximum atomic E-state index is 13.5. The van der Waals surface area contributed by atoms with E-state index in [2.05, 4.69) is 63.2 Å². The van der Waals surface area contributed by atoms with Crippen LogP contribution < -0.4 is 0 Å². The summed E-state index contributed by atoms with van der Waals surface area (Å²) in [5.74, 6) is 1.21. The number of rotatable bonds is 8. The Kier molecular flexibility index (Phi) is 7.34. The molecule has 2 aromatic carbocycles. The van der Waals surface area contributed by atoms with E-state index in [0.717, 1.165) is 31.4 Å². The molecule has 1 aromatic heterocycles. The molecule has 0 aliphatic carbocycles. The van der Waals surface area contributed by atoms with E-state index >= 15 is 0 Å². The van der Waals surface area contributed by atoms with Gasteiger partial charge in [0.2, 0.25) is 0 Å². The molecule has 174 valence electrons. The Labute approximate surface area is 197 Å². The second kappa shape index (κ2) is 10.4. The smallest absolute Gasteiger partial charge is 0.290 e. The second-order valence-corrected chi connectivity index (χ2v) is 9.73. The molecule has 0 spiro atoms. The lowest BCUT2D eigenvalue weighted by molar-refractivity contribution is -0.0775. The number of furan rings is 1. The summed E-state index contributed by atoms with van der Waals surface area (Å²) in [6.45, 7) is 7.92. The maximum Gasteiger partial charge on any atom is 0.290 e. The van der Waals surface area contributed by atoms with Crippen LogP contribution in [0.5, 0.6) is 0 Å². The van der Waals surface area contributed by atoms with Crippen molar-refractivity contribution in [1.82, 2.24) is 4.90 Å². The maximum absolute atomic E-state index is 13.5. The van der Waals surface area contributed by atoms with Crippen molar-refractivity contribution in [3.63, 3.8) is 0 Å². The van der Waals surface area contributed by atoms with Gasteiger partial charge in [0.05, 0.1) is 17.9 Å². The molecule has 1 amide bonds. The average Bonchev–Trinajstić information content (AvgIpc) is 3.37. The summed E-state index contributed by atoms with van der Waals surface area (Å²) in [7, 11) is 0. The SMILES string of the molecule is C[C@H](c1ccccc1)N(CC[C@@H](c1ccccc1)[C@H]1CCOC(C)(C)C1)C(=O)c1ccco1. The van der Waals surface area contributed by atoms with Crippen LogP contribution in [-0.2, 0) is 4.74 Å². The number of ether oxygens (including phenoxy) is 1. The molecule has 3 aromatic rings. The van der Waals surface area contributed by atoms with Gasteiger partial charge in [0.15, 0.2) is 5.76 Å². The van der Waals surface area contributed by atoms with Gasteiger partial charge in [-0.1, -0.05) is 60.7 Å². The molecule has 1 aliphatic heterocycles. The molecule has 1 aliphatic rings. The number of carbonyl (C=O) groups is 1. The summed E-state index contributed by atoms with van der Waals surface area (Å²) in [6.07, 6.45) is 4.53. The van der Waals surface area contributed by atoms with Crippen LogP contribution in [0.15, 0.2) is 83.5 Å². The van der Waals surface area contributed by atoms with Gasteiger partial charge in [-0.15, -0.1) is 0 Å². The van der Waals surface area contributed by atoms with Crippen molar-refractivity contribution in [2.75, 3.05) is 13.2 Å². The summed E-state index contributed by atoms with van der Waals surface area (Å²) >= 11 is 0. The van der Waals surface area contributed by atoms with Crippen LogP contribution in [0.4, 0.5) is 0 Å². The Bertz CT molecular complexity index is 998. The molecule has 0 unspecified atom stereocenters. The van der Waals surface area contributed by atoms with E-state index in [9.17, 15) is 4.79 Å². The number of amides is 1. The normalized spacial score (nSPS) is 19.5. The first-order valence-electron chi connectivity index (χ1n) is 12.0. The zero-order valence-electron chi connectivity index (χ0n) is 19.9. The first kappa shape index (κ1) is 23.3. The van der Waals surface area contributed by atoms with Crippen molar-refractivity contribution in [2.45, 2.75) is 57.6 Å². The van der Waals surface area contributed by atoms with Gasteiger partial charge in [-0.3, -0.25) is 4.79 Å². The van der Waals surface area contributed by atoms with Crippen LogP contribution in [0.1, 0.15) is 73.7 Å². The highest BCUT2D eigenvalue weighted by Gasteiger charge is 2.35. The number of nitrogens with zero attached hydrogens (tertiary/aromatic N) is 1. The minimum atomic E-state index is -0.114. The van der Waals surface area contributed by atoms with E-state index in [4.69, 9.17) is 9.15 Å². The molecular weight excluding hydrogens is 410 g/mol. The van der Waals surface area contributed by atoms with Crippen LogP contribution in [0.25, 0.3) is 0 Å². The third kappa shape index (κ3) is 5.75. The topological polar surface area (TPSA) is 42.7 Å². The summed E-state index contributed by atoms with van der Waals surface area (Å²) in [6, 6.07) is 24.5. The highest BCUT2D eigenvalue weighted by Crippen LogP contribution is 2.40. The van der Waals surface area contributed by atoms with Crippen LogP contribution >= 0.6 is 0 Å². The molecule has 2 heterocycles. The monoisotopic (exact) mass is 445 g/mol. The van der Waals surface area contributed by atoms with E-state index in [1.165, 1.54) is 5.56 Å². The molecule has 4 nitrogen and oxygen atoms in total. The number of hydrogen-bond donors (Lipinski definition) is 0. The predicted octanol–water partition coefficient (Wildman–Crippen LogP) is 6.86. The van der Waals surface area contributed by atoms with Crippen LogP contribution in [0.2, 0.25) is 0 Å². The van der Waals surface area contributed by atoms with Gasteiger partial charge in [0.25, 0.3) is 5.91 Å². The van der Waals surface area contributed by atoms with Crippen molar-refractivity contribution in [3.05, 3.63) is 95.9 Å². The standard InChI is InChI=1S/C29H35NO3/c1-22(23-11-6-4-7-12-23)30(28(31)27-15-10-19-32-27)18-16-26(24-13-8-5-9-14-24)25-17-20-33-29(2,3)21-25/h4-15,19,22,25-26H,16-18,20-21H2,1-3H3/t22-,25+,26+/m1/s1. The van der Waals surface area contributed by atoms with Crippen LogP contribution in [-0.4, -0.2) is 29.6 Å². The van der Waals surface area contributed by atoms with Gasteiger partial charge < -0.3 is 14.1 Å². The molecule has 0 saturated carbocycles. The van der Waals surface area contributed by atoms with Crippen molar-refractivity contribution >= 4 is 5.91 Å². The minimum absolute atomic E-state index is 0.0497. The zero-order chi connectivity index (χ0) is 23.3. The molecule has 0 bridgehead atoms. The lowest BCUT2D eigenvalue weighted by atomic mass is 9.75. The Morgan fingerprint density at radius 2 is 1.67 bits per heavy atom. The molecular formula is C29H35NO3. The largest absolute Gasteiger partial charge is 0.459 e. The van der Waals surface area contributed by atoms with E-state index in [1.807, 2.05) is 23.1 Å². The molecule has 0 radical (unpaired) electrons. The predicted molar refractivity (Wildman–Crippen MR) is 131 cm³/mol. The summed E-state index contributed by atoms with van der Waals surface area (Å²) in [5, 5.41) is 0. The number of carbonyl (C=O) groups excluding carboxylic acids is 1. The number of benzene rings is 2. The minimum Gasteiger partial charge on any atom is -0.459 e. The van der Waals surface area contributed by atoms with E-state index in [0.29, 0.717) is 24.1 Å². The van der Waals surface area contributed by atoms with Crippen molar-refractivity contribution in [1.29, 1.82) is 0 Å². The van der Waals surface area contributed by atoms with Gasteiger partial charge in [0, 0.05) is 13.2 Å². The third-order valence-corrected chi connectivity index (χ3v) is 6.96. The molecule has 4 heteroatoms. The second-order valence-electron chi connectivity index (χ2n) is 9.73. The summed E-state index contributed by atoms with van der Waals surface area (Å²) in [5.41, 5.74) is 2.36. The van der Waals surface area contributed by atoms with Crippen molar-refractivity contribution < 1.29 is 13.9 Å². The Morgan fingerprint density at radius 3 is 2.27 bits per heavy atom. The van der Waals surface area contributed by atoms with E-state index in [-0.39, 0.29) is 17.6 Å². The van der Waals surface area contributed by atoms with E-state index in [1.54, 1.807) is 18.4 Å². The molecule has 0 N–H and O–H groups in total. The fourth-order valence-corrected chi connectivity index (χ4v) is 5.20. The van der Waals surface area contributed by atoms with Crippen LogP contribution in [0, 0.1) is 5.92 Å². The van der Waals surface area contributed by atoms with E-state index < -0.39 is 0 Å². The van der Waals surface area contributed by atoms with Gasteiger partial charge >= 0.3 is 0 Å². The molecule has 3 atom stereocenters. The first-order chi connectivity index (χ1) is 15.9.